The molecule has 0 aromatic carbocycles. The van der Waals surface area contributed by atoms with Crippen LogP contribution >= 0.6 is 0 Å². The highest BCUT2D eigenvalue weighted by Gasteiger charge is 2.41. The summed E-state index contributed by atoms with van der Waals surface area (Å²) < 4.78 is 5.27. The van der Waals surface area contributed by atoms with Gasteiger partial charge >= 0.3 is 5.97 Å². The first-order valence-electron chi connectivity index (χ1n) is 18.3. The standard InChI is InChI=1S/C38H54N6O8/c1-6-26(2)30(23-39)7-8-31(46)42-17-18-43-32(47)21-28(35(43)50)11-15-38(5,25-41)16-12-34(49)52-20-19-44-33(48)22-29(36(44)51)10-14-37(4,24-40)13-9-27(3)45/h26,28-30H,6-22H2,1-5H3,(H,42,46). The second kappa shape index (κ2) is 20.4. The first-order chi connectivity index (χ1) is 24.5. The van der Waals surface area contributed by atoms with Crippen molar-refractivity contribution in [2.75, 3.05) is 26.2 Å². The quantitative estimate of drug-likeness (QED) is 0.117. The molecule has 2 fully saturated rings. The van der Waals surface area contributed by atoms with Crippen LogP contribution < -0.4 is 5.32 Å². The molecule has 14 heteroatoms. The number of nitrogens with one attached hydrogen (secondary N) is 1. The molecular formula is C38H54N6O8. The van der Waals surface area contributed by atoms with Crippen LogP contribution in [0.4, 0.5) is 0 Å². The van der Waals surface area contributed by atoms with Gasteiger partial charge in [-0.25, -0.2) is 0 Å². The number of carbonyl (C=O) groups is 7. The van der Waals surface area contributed by atoms with Gasteiger partial charge < -0.3 is 14.8 Å². The summed E-state index contributed by atoms with van der Waals surface area (Å²) in [5, 5.41) is 31.5. The number of amides is 5. The van der Waals surface area contributed by atoms with Gasteiger partial charge in [-0.1, -0.05) is 20.3 Å². The molecule has 2 saturated heterocycles. The lowest BCUT2D eigenvalue weighted by atomic mass is 9.79. The largest absolute Gasteiger partial charge is 0.464 e. The number of nitrogens with zero attached hydrogens (tertiary/aromatic N) is 5. The van der Waals surface area contributed by atoms with Crippen LogP contribution in [0.1, 0.15) is 118 Å². The SMILES string of the molecule is CCC(C)C(C#N)CCC(=O)NCCN1C(=O)CC(CCC(C)(C#N)CCC(=O)OCCN2C(=O)CC(CCC(C)(C#N)CCC(C)=O)C2=O)C1=O. The number of likely N-dealkylation sites (tertiary alicyclic amines) is 2. The lowest BCUT2D eigenvalue weighted by molar-refractivity contribution is -0.148. The highest BCUT2D eigenvalue weighted by molar-refractivity contribution is 6.04. The summed E-state index contributed by atoms with van der Waals surface area (Å²) in [5.41, 5.74) is -1.75. The molecule has 0 radical (unpaired) electrons. The van der Waals surface area contributed by atoms with Crippen molar-refractivity contribution in [1.82, 2.24) is 15.1 Å². The van der Waals surface area contributed by atoms with E-state index < -0.39 is 28.6 Å². The van der Waals surface area contributed by atoms with Crippen molar-refractivity contribution in [1.29, 1.82) is 15.8 Å². The van der Waals surface area contributed by atoms with Crippen molar-refractivity contribution in [3.63, 3.8) is 0 Å². The third-order valence-electron chi connectivity index (χ3n) is 10.6. The van der Waals surface area contributed by atoms with Crippen LogP contribution in [0.2, 0.25) is 0 Å². The molecular weight excluding hydrogens is 668 g/mol. The number of Topliss-reactive ketones (excluding diaryl/α,β-unsaturated/α-hetero) is 1. The number of hydrogen-bond donors (Lipinski definition) is 1. The third kappa shape index (κ3) is 13.2. The molecule has 0 aromatic rings. The van der Waals surface area contributed by atoms with E-state index in [9.17, 15) is 49.3 Å². The molecule has 2 aliphatic heterocycles. The predicted octanol–water partition coefficient (Wildman–Crippen LogP) is 4.13. The predicted molar refractivity (Wildman–Crippen MR) is 186 cm³/mol. The topological polar surface area (TPSA) is 219 Å². The van der Waals surface area contributed by atoms with Crippen LogP contribution in [0.25, 0.3) is 0 Å². The number of hydrogen-bond acceptors (Lipinski definition) is 11. The highest BCUT2D eigenvalue weighted by atomic mass is 16.5. The summed E-state index contributed by atoms with van der Waals surface area (Å²) in [7, 11) is 0. The fourth-order valence-electron chi connectivity index (χ4n) is 6.48. The summed E-state index contributed by atoms with van der Waals surface area (Å²) in [4.78, 5) is 89.3. The second-order valence-corrected chi connectivity index (χ2v) is 14.9. The minimum atomic E-state index is -0.975. The molecule has 2 rings (SSSR count). The number of ketones is 1. The number of rotatable bonds is 23. The monoisotopic (exact) mass is 722 g/mol. The first-order valence-corrected chi connectivity index (χ1v) is 18.3. The van der Waals surface area contributed by atoms with Crippen molar-refractivity contribution in [3.05, 3.63) is 0 Å². The van der Waals surface area contributed by atoms with Gasteiger partial charge in [0.05, 0.1) is 35.6 Å². The Hall–Kier alpha value is -4.64. The van der Waals surface area contributed by atoms with E-state index in [4.69, 9.17) is 4.74 Å². The molecule has 6 atom stereocenters. The van der Waals surface area contributed by atoms with E-state index in [-0.39, 0.29) is 125 Å². The number of imide groups is 2. The molecule has 6 unspecified atom stereocenters. The summed E-state index contributed by atoms with van der Waals surface area (Å²) in [6, 6.07) is 6.69. The minimum absolute atomic E-state index is 0.00138. The van der Waals surface area contributed by atoms with Gasteiger partial charge in [-0.3, -0.25) is 38.6 Å². The van der Waals surface area contributed by atoms with E-state index in [1.54, 1.807) is 13.8 Å². The molecule has 0 saturated carbocycles. The van der Waals surface area contributed by atoms with Crippen LogP contribution in [0, 0.1) is 68.5 Å². The Bertz CT molecular complexity index is 1480. The number of ether oxygens (including phenoxy) is 1. The first kappa shape index (κ1) is 43.5. The van der Waals surface area contributed by atoms with Gasteiger partial charge in [0.25, 0.3) is 0 Å². The molecule has 2 heterocycles. The zero-order chi connectivity index (χ0) is 39.1. The Morgan fingerprint density at radius 1 is 0.846 bits per heavy atom. The van der Waals surface area contributed by atoms with Crippen LogP contribution in [0.5, 0.6) is 0 Å². The van der Waals surface area contributed by atoms with E-state index >= 15 is 0 Å². The van der Waals surface area contributed by atoms with Gasteiger partial charge in [-0.2, -0.15) is 15.8 Å². The summed E-state index contributed by atoms with van der Waals surface area (Å²) in [6.07, 6.45) is 3.39. The van der Waals surface area contributed by atoms with Crippen molar-refractivity contribution >= 4 is 41.3 Å². The van der Waals surface area contributed by atoms with Crippen molar-refractivity contribution in [2.24, 2.45) is 34.5 Å². The maximum absolute atomic E-state index is 13.0. The summed E-state index contributed by atoms with van der Waals surface area (Å²) in [6.45, 7) is 8.67. The fourth-order valence-corrected chi connectivity index (χ4v) is 6.48. The molecule has 14 nitrogen and oxygen atoms in total. The Balaban J connectivity index is 1.74. The van der Waals surface area contributed by atoms with E-state index in [1.165, 1.54) is 6.92 Å². The van der Waals surface area contributed by atoms with Crippen LogP contribution in [-0.2, 0) is 38.3 Å². The molecule has 0 spiro atoms. The zero-order valence-electron chi connectivity index (χ0n) is 31.3. The Morgan fingerprint density at radius 2 is 1.37 bits per heavy atom. The lowest BCUT2D eigenvalue weighted by Gasteiger charge is -2.23. The van der Waals surface area contributed by atoms with E-state index in [2.05, 4.69) is 23.5 Å². The molecule has 0 bridgehead atoms. The normalized spacial score (nSPS) is 20.7. The fraction of sp³-hybridized carbons (Fsp3) is 0.737. The van der Waals surface area contributed by atoms with Gasteiger partial charge in [0, 0.05) is 62.9 Å². The second-order valence-electron chi connectivity index (χ2n) is 14.9. The summed E-state index contributed by atoms with van der Waals surface area (Å²) >= 11 is 0. The molecule has 0 aliphatic carbocycles. The van der Waals surface area contributed by atoms with E-state index in [0.717, 1.165) is 16.2 Å². The number of carbonyl (C=O) groups excluding carboxylic acids is 7. The number of nitriles is 3. The maximum atomic E-state index is 13.0. The van der Waals surface area contributed by atoms with Gasteiger partial charge in [-0.15, -0.1) is 0 Å². The molecule has 0 aromatic heterocycles. The van der Waals surface area contributed by atoms with E-state index in [0.29, 0.717) is 25.7 Å². The van der Waals surface area contributed by atoms with Crippen LogP contribution in [0.15, 0.2) is 0 Å². The van der Waals surface area contributed by atoms with E-state index in [1.807, 2.05) is 13.8 Å². The van der Waals surface area contributed by atoms with Gasteiger partial charge in [0.2, 0.25) is 29.5 Å². The molecule has 284 valence electrons. The molecule has 1 N–H and O–H groups in total. The Morgan fingerprint density at radius 3 is 1.85 bits per heavy atom. The molecule has 5 amide bonds. The zero-order valence-corrected chi connectivity index (χ0v) is 31.3. The van der Waals surface area contributed by atoms with Crippen molar-refractivity contribution < 1.29 is 38.3 Å². The third-order valence-corrected chi connectivity index (χ3v) is 10.6. The smallest absolute Gasteiger partial charge is 0.305 e. The van der Waals surface area contributed by atoms with Crippen molar-refractivity contribution in [3.8, 4) is 18.2 Å². The average molecular weight is 723 g/mol. The van der Waals surface area contributed by atoms with Crippen LogP contribution in [0.3, 0.4) is 0 Å². The van der Waals surface area contributed by atoms with Gasteiger partial charge in [0.1, 0.15) is 12.4 Å². The minimum Gasteiger partial charge on any atom is -0.464 e. The van der Waals surface area contributed by atoms with Crippen molar-refractivity contribution in [2.45, 2.75) is 118 Å². The molecule has 52 heavy (non-hydrogen) atoms. The lowest BCUT2D eigenvalue weighted by Crippen LogP contribution is -2.38. The maximum Gasteiger partial charge on any atom is 0.305 e. The van der Waals surface area contributed by atoms with Gasteiger partial charge in [0.15, 0.2) is 0 Å². The highest BCUT2D eigenvalue weighted by Crippen LogP contribution is 2.35. The number of esters is 1. The Kier molecular flexibility index (Phi) is 17.1. The van der Waals surface area contributed by atoms with Gasteiger partial charge in [-0.05, 0) is 71.6 Å². The van der Waals surface area contributed by atoms with Crippen LogP contribution in [-0.4, -0.2) is 77.3 Å². The average Bonchev–Trinajstić information content (AvgIpc) is 3.55. The summed E-state index contributed by atoms with van der Waals surface area (Å²) in [5.74, 6) is -3.55. The Labute approximate surface area is 307 Å². The molecule has 2 aliphatic rings.